The SMILES string of the molecule is CCCN(C)C.NO. The van der Waals surface area contributed by atoms with Gasteiger partial charge in [-0.1, -0.05) is 6.92 Å². The van der Waals surface area contributed by atoms with E-state index in [0.29, 0.717) is 0 Å². The zero-order valence-electron chi connectivity index (χ0n) is 5.89. The molecule has 3 nitrogen and oxygen atoms in total. The number of nitrogens with two attached hydrogens (primary N) is 1. The van der Waals surface area contributed by atoms with Crippen LogP contribution in [0.4, 0.5) is 0 Å². The molecule has 0 unspecified atom stereocenters. The van der Waals surface area contributed by atoms with Crippen LogP contribution in [0.2, 0.25) is 0 Å². The van der Waals surface area contributed by atoms with E-state index in [2.05, 4.69) is 31.8 Å². The summed E-state index contributed by atoms with van der Waals surface area (Å²) in [6.07, 6.45) is 1.26. The molecule has 0 aliphatic heterocycles. The zero-order chi connectivity index (χ0) is 6.99. The maximum absolute atomic E-state index is 6.50. The predicted molar refractivity (Wildman–Crippen MR) is 34.8 cm³/mol. The molecule has 0 aromatic carbocycles. The van der Waals surface area contributed by atoms with Crippen molar-refractivity contribution in [1.82, 2.24) is 4.90 Å². The highest BCUT2D eigenvalue weighted by Gasteiger charge is 1.79. The van der Waals surface area contributed by atoms with E-state index >= 15 is 0 Å². The minimum absolute atomic E-state index is 1.21. The minimum Gasteiger partial charge on any atom is -0.320 e. The van der Waals surface area contributed by atoms with Crippen LogP contribution in [0.5, 0.6) is 0 Å². The van der Waals surface area contributed by atoms with E-state index in [1.165, 1.54) is 13.0 Å². The van der Waals surface area contributed by atoms with Gasteiger partial charge in [0.25, 0.3) is 0 Å². The van der Waals surface area contributed by atoms with Gasteiger partial charge in [0.1, 0.15) is 0 Å². The third kappa shape index (κ3) is 16.9. The largest absolute Gasteiger partial charge is 0.320 e. The summed E-state index contributed by atoms with van der Waals surface area (Å²) < 4.78 is 0. The fraction of sp³-hybridized carbons (Fsp3) is 1.00. The summed E-state index contributed by atoms with van der Waals surface area (Å²) in [6.45, 7) is 3.39. The molecule has 0 aromatic heterocycles. The fourth-order valence-electron chi connectivity index (χ4n) is 0.447. The zero-order valence-corrected chi connectivity index (χ0v) is 5.89. The summed E-state index contributed by atoms with van der Waals surface area (Å²) in [4.78, 5) is 2.18. The molecule has 0 fully saturated rings. The molecule has 8 heavy (non-hydrogen) atoms. The van der Waals surface area contributed by atoms with Crippen LogP contribution in [0.15, 0.2) is 0 Å². The Balaban J connectivity index is 0. The van der Waals surface area contributed by atoms with Crippen molar-refractivity contribution in [3.8, 4) is 0 Å². The second kappa shape index (κ2) is 9.99. The molecule has 0 saturated carbocycles. The van der Waals surface area contributed by atoms with Gasteiger partial charge in [-0.05, 0) is 27.1 Å². The predicted octanol–water partition coefficient (Wildman–Crippen LogP) is 0.292. The van der Waals surface area contributed by atoms with Crippen LogP contribution >= 0.6 is 0 Å². The van der Waals surface area contributed by atoms with Gasteiger partial charge in [0, 0.05) is 0 Å². The summed E-state index contributed by atoms with van der Waals surface area (Å²) in [7, 11) is 4.17. The highest BCUT2D eigenvalue weighted by molar-refractivity contribution is 4.34. The summed E-state index contributed by atoms with van der Waals surface area (Å²) in [5, 5.41) is 6.50. The minimum atomic E-state index is 1.21. The van der Waals surface area contributed by atoms with E-state index in [9.17, 15) is 0 Å². The smallest absolute Gasteiger partial charge is 0.00275 e. The Morgan fingerprint density at radius 2 is 1.75 bits per heavy atom. The van der Waals surface area contributed by atoms with Crippen molar-refractivity contribution in [3.05, 3.63) is 0 Å². The molecule has 0 aromatic rings. The molecule has 0 bridgehead atoms. The van der Waals surface area contributed by atoms with Crippen molar-refractivity contribution in [2.45, 2.75) is 13.3 Å². The van der Waals surface area contributed by atoms with Gasteiger partial charge in [-0.25, -0.2) is 5.90 Å². The van der Waals surface area contributed by atoms with Crippen LogP contribution < -0.4 is 5.90 Å². The maximum atomic E-state index is 6.50. The third-order valence-corrected chi connectivity index (χ3v) is 0.671. The lowest BCUT2D eigenvalue weighted by Gasteiger charge is -2.03. The highest BCUT2D eigenvalue weighted by atomic mass is 16.4. The van der Waals surface area contributed by atoms with E-state index in [0.717, 1.165) is 0 Å². The summed E-state index contributed by atoms with van der Waals surface area (Å²) in [5.41, 5.74) is 0. The van der Waals surface area contributed by atoms with Crippen LogP contribution in [0.1, 0.15) is 13.3 Å². The van der Waals surface area contributed by atoms with Crippen LogP contribution in [-0.4, -0.2) is 30.7 Å². The van der Waals surface area contributed by atoms with E-state index in [1.807, 2.05) is 0 Å². The molecule has 0 aliphatic carbocycles. The molecule has 0 amide bonds. The first-order valence-corrected chi connectivity index (χ1v) is 2.68. The first-order valence-electron chi connectivity index (χ1n) is 2.68. The van der Waals surface area contributed by atoms with Gasteiger partial charge in [0.05, 0.1) is 0 Å². The average molecular weight is 120 g/mol. The van der Waals surface area contributed by atoms with Gasteiger partial charge in [-0.15, -0.1) is 0 Å². The van der Waals surface area contributed by atoms with Gasteiger partial charge >= 0.3 is 0 Å². The molecule has 3 heteroatoms. The monoisotopic (exact) mass is 120 g/mol. The molecule has 0 atom stereocenters. The van der Waals surface area contributed by atoms with Gasteiger partial charge in [0.2, 0.25) is 0 Å². The van der Waals surface area contributed by atoms with E-state index < -0.39 is 0 Å². The third-order valence-electron chi connectivity index (χ3n) is 0.671. The van der Waals surface area contributed by atoms with Crippen LogP contribution in [-0.2, 0) is 0 Å². The highest BCUT2D eigenvalue weighted by Crippen LogP contribution is 1.76. The second-order valence-corrected chi connectivity index (χ2v) is 1.80. The molecule has 0 heterocycles. The summed E-state index contributed by atoms with van der Waals surface area (Å²) >= 11 is 0. The van der Waals surface area contributed by atoms with Crippen molar-refractivity contribution in [1.29, 1.82) is 0 Å². The molecule has 3 N–H and O–H groups in total. The van der Waals surface area contributed by atoms with Gasteiger partial charge < -0.3 is 10.1 Å². The van der Waals surface area contributed by atoms with Gasteiger partial charge in [-0.2, -0.15) is 0 Å². The van der Waals surface area contributed by atoms with Crippen LogP contribution in [0.3, 0.4) is 0 Å². The lowest BCUT2D eigenvalue weighted by Crippen LogP contribution is -2.11. The summed E-state index contributed by atoms with van der Waals surface area (Å²) in [6, 6.07) is 0. The van der Waals surface area contributed by atoms with E-state index in [1.54, 1.807) is 0 Å². The molecule has 0 spiro atoms. The van der Waals surface area contributed by atoms with Crippen molar-refractivity contribution in [3.63, 3.8) is 0 Å². The molecular weight excluding hydrogens is 104 g/mol. The maximum Gasteiger partial charge on any atom is -0.00275 e. The topological polar surface area (TPSA) is 49.5 Å². The Labute approximate surface area is 51.1 Å². The lowest BCUT2D eigenvalue weighted by atomic mass is 10.5. The summed E-state index contributed by atoms with van der Waals surface area (Å²) in [5.74, 6) is 3.50. The Morgan fingerprint density at radius 1 is 1.38 bits per heavy atom. The second-order valence-electron chi connectivity index (χ2n) is 1.80. The van der Waals surface area contributed by atoms with Crippen molar-refractivity contribution < 1.29 is 5.21 Å². The Kier molecular flexibility index (Phi) is 13.5. The Hall–Kier alpha value is -0.120. The Bertz CT molecular complexity index is 31.6. The molecule has 0 saturated heterocycles. The average Bonchev–Trinajstić information content (AvgIpc) is 1.72. The first kappa shape index (κ1) is 10.8. The standard InChI is InChI=1S/C5H13N.H3NO/c1-4-5-6(2)3;1-2/h4-5H2,1-3H3;2H,1H2. The van der Waals surface area contributed by atoms with Crippen molar-refractivity contribution in [2.24, 2.45) is 5.90 Å². The van der Waals surface area contributed by atoms with E-state index in [4.69, 9.17) is 5.21 Å². The van der Waals surface area contributed by atoms with Crippen molar-refractivity contribution >= 4 is 0 Å². The molecule has 0 aliphatic rings. The van der Waals surface area contributed by atoms with Crippen LogP contribution in [0.25, 0.3) is 0 Å². The molecular formula is C5H16N2O. The van der Waals surface area contributed by atoms with Crippen LogP contribution in [0, 0.1) is 0 Å². The number of hydrogen-bond acceptors (Lipinski definition) is 3. The first-order chi connectivity index (χ1) is 3.77. The normalized spacial score (nSPS) is 8.25. The molecule has 52 valence electrons. The fourth-order valence-corrected chi connectivity index (χ4v) is 0.447. The number of hydrogen-bond donors (Lipinski definition) is 2. The molecule has 0 rings (SSSR count). The van der Waals surface area contributed by atoms with Gasteiger partial charge in [-0.3, -0.25) is 0 Å². The lowest BCUT2D eigenvalue weighted by molar-refractivity contribution is 0.311. The van der Waals surface area contributed by atoms with E-state index in [-0.39, 0.29) is 0 Å². The quantitative estimate of drug-likeness (QED) is 0.515. The molecule has 0 radical (unpaired) electrons. The number of rotatable bonds is 2. The van der Waals surface area contributed by atoms with Gasteiger partial charge in [0.15, 0.2) is 0 Å². The van der Waals surface area contributed by atoms with Crippen molar-refractivity contribution in [2.75, 3.05) is 20.6 Å². The Morgan fingerprint density at radius 3 is 1.75 bits per heavy atom. The number of nitrogens with zero attached hydrogens (tertiary/aromatic N) is 1.